The van der Waals surface area contributed by atoms with Gasteiger partial charge in [0, 0.05) is 19.3 Å². The number of esters is 1. The maximum atomic E-state index is 13.0. The lowest BCUT2D eigenvalue weighted by atomic mass is 10.0. The quantitative estimate of drug-likeness (QED) is 0.707. The van der Waals surface area contributed by atoms with Crippen molar-refractivity contribution >= 4 is 27.6 Å². The summed E-state index contributed by atoms with van der Waals surface area (Å²) < 4.78 is 32.6. The van der Waals surface area contributed by atoms with Crippen molar-refractivity contribution in [3.63, 3.8) is 0 Å². The topological polar surface area (TPSA) is 76.6 Å². The van der Waals surface area contributed by atoms with Gasteiger partial charge < -0.3 is 4.74 Å². The van der Waals surface area contributed by atoms with Crippen LogP contribution in [0.5, 0.6) is 0 Å². The minimum atomic E-state index is -3.77. The standard InChI is InChI=1S/C19H21ClN2O4S/c1-14-5-4-10-22(12-14)27(24,25)18-11-15(7-8-17(18)20)19(23)26-13-16-6-2-3-9-21-16/h2-3,6-9,11,14H,4-5,10,12-13H2,1H3/t14-/m1/s1. The SMILES string of the molecule is C[C@@H]1CCCN(S(=O)(=O)c2cc(C(=O)OCc3ccccn3)ccc2Cl)C1. The van der Waals surface area contributed by atoms with Gasteiger partial charge in [-0.1, -0.05) is 24.6 Å². The molecule has 1 aromatic carbocycles. The third kappa shape index (κ3) is 4.66. The fourth-order valence-corrected chi connectivity index (χ4v) is 5.14. The third-order valence-electron chi connectivity index (χ3n) is 4.48. The van der Waals surface area contributed by atoms with Crippen LogP contribution in [0, 0.1) is 5.92 Å². The molecule has 0 N–H and O–H groups in total. The maximum Gasteiger partial charge on any atom is 0.338 e. The van der Waals surface area contributed by atoms with E-state index in [0.717, 1.165) is 12.8 Å². The van der Waals surface area contributed by atoms with Crippen LogP contribution in [0.2, 0.25) is 5.02 Å². The van der Waals surface area contributed by atoms with Crippen LogP contribution in [-0.2, 0) is 21.4 Å². The van der Waals surface area contributed by atoms with Gasteiger partial charge in [-0.2, -0.15) is 4.31 Å². The van der Waals surface area contributed by atoms with E-state index in [2.05, 4.69) is 4.98 Å². The van der Waals surface area contributed by atoms with Crippen molar-refractivity contribution in [1.29, 1.82) is 0 Å². The third-order valence-corrected chi connectivity index (χ3v) is 6.83. The fraction of sp³-hybridized carbons (Fsp3) is 0.368. The van der Waals surface area contributed by atoms with Crippen molar-refractivity contribution in [2.45, 2.75) is 31.3 Å². The van der Waals surface area contributed by atoms with Crippen molar-refractivity contribution in [1.82, 2.24) is 9.29 Å². The van der Waals surface area contributed by atoms with Gasteiger partial charge in [0.15, 0.2) is 0 Å². The Hall–Kier alpha value is -1.96. The number of hydrogen-bond acceptors (Lipinski definition) is 5. The van der Waals surface area contributed by atoms with E-state index >= 15 is 0 Å². The second-order valence-corrected chi connectivity index (χ2v) is 8.97. The Labute approximate surface area is 164 Å². The lowest BCUT2D eigenvalue weighted by Gasteiger charge is -2.30. The number of ether oxygens (including phenoxy) is 1. The number of carbonyl (C=O) groups is 1. The van der Waals surface area contributed by atoms with E-state index < -0.39 is 16.0 Å². The summed E-state index contributed by atoms with van der Waals surface area (Å²) in [6.45, 7) is 2.94. The van der Waals surface area contributed by atoms with E-state index in [4.69, 9.17) is 16.3 Å². The highest BCUT2D eigenvalue weighted by molar-refractivity contribution is 7.89. The summed E-state index contributed by atoms with van der Waals surface area (Å²) in [5.74, 6) is -0.334. The summed E-state index contributed by atoms with van der Waals surface area (Å²) in [5.41, 5.74) is 0.744. The molecule has 3 rings (SSSR count). The maximum absolute atomic E-state index is 13.0. The number of halogens is 1. The Morgan fingerprint density at radius 2 is 2.15 bits per heavy atom. The molecule has 0 unspecified atom stereocenters. The van der Waals surface area contributed by atoms with Gasteiger partial charge in [-0.05, 0) is 49.1 Å². The highest BCUT2D eigenvalue weighted by atomic mass is 35.5. The van der Waals surface area contributed by atoms with E-state index in [9.17, 15) is 13.2 Å². The Kier molecular flexibility index (Phi) is 6.14. The van der Waals surface area contributed by atoms with Gasteiger partial charge in [0.05, 0.1) is 16.3 Å². The van der Waals surface area contributed by atoms with Gasteiger partial charge in [-0.3, -0.25) is 4.98 Å². The molecule has 6 nitrogen and oxygen atoms in total. The minimum absolute atomic E-state index is 0.00796. The van der Waals surface area contributed by atoms with Crippen LogP contribution in [0.25, 0.3) is 0 Å². The molecule has 1 fully saturated rings. The number of hydrogen-bond donors (Lipinski definition) is 0. The first-order valence-corrected chi connectivity index (χ1v) is 10.6. The van der Waals surface area contributed by atoms with E-state index in [-0.39, 0.29) is 22.1 Å². The zero-order valence-electron chi connectivity index (χ0n) is 15.0. The monoisotopic (exact) mass is 408 g/mol. The number of aromatic nitrogens is 1. The average Bonchev–Trinajstić information content (AvgIpc) is 2.67. The molecule has 0 amide bonds. The summed E-state index contributed by atoms with van der Waals surface area (Å²) in [6.07, 6.45) is 3.42. The first-order chi connectivity index (χ1) is 12.9. The number of nitrogens with zero attached hydrogens (tertiary/aromatic N) is 2. The Bertz CT molecular complexity index is 919. The van der Waals surface area contributed by atoms with Crippen LogP contribution < -0.4 is 0 Å². The Balaban J connectivity index is 1.80. The molecule has 144 valence electrons. The number of benzene rings is 1. The number of rotatable bonds is 5. The van der Waals surface area contributed by atoms with Crippen molar-refractivity contribution in [3.05, 3.63) is 58.9 Å². The summed E-state index contributed by atoms with van der Waals surface area (Å²) >= 11 is 6.15. The summed E-state index contributed by atoms with van der Waals surface area (Å²) in [6, 6.07) is 9.46. The van der Waals surface area contributed by atoms with Crippen LogP contribution in [0.15, 0.2) is 47.5 Å². The molecule has 0 bridgehead atoms. The van der Waals surface area contributed by atoms with Gasteiger partial charge in [0.2, 0.25) is 10.0 Å². The van der Waals surface area contributed by atoms with Gasteiger partial charge in [-0.25, -0.2) is 13.2 Å². The van der Waals surface area contributed by atoms with Gasteiger partial charge in [0.1, 0.15) is 11.5 Å². The van der Waals surface area contributed by atoms with Crippen molar-refractivity contribution in [3.8, 4) is 0 Å². The molecule has 1 aliphatic heterocycles. The second kappa shape index (κ2) is 8.37. The molecule has 1 aliphatic rings. The Morgan fingerprint density at radius 3 is 2.85 bits per heavy atom. The van der Waals surface area contributed by atoms with Crippen LogP contribution in [0.1, 0.15) is 35.8 Å². The van der Waals surface area contributed by atoms with E-state index in [1.165, 1.54) is 22.5 Å². The number of carbonyl (C=O) groups excluding carboxylic acids is 1. The highest BCUT2D eigenvalue weighted by Crippen LogP contribution is 2.29. The predicted octanol–water partition coefficient (Wildman–Crippen LogP) is 3.51. The largest absolute Gasteiger partial charge is 0.456 e. The molecule has 8 heteroatoms. The molecule has 2 heterocycles. The van der Waals surface area contributed by atoms with Crippen molar-refractivity contribution in [2.75, 3.05) is 13.1 Å². The molecule has 2 aromatic rings. The molecular weight excluding hydrogens is 388 g/mol. The van der Waals surface area contributed by atoms with Crippen molar-refractivity contribution in [2.24, 2.45) is 5.92 Å². The van der Waals surface area contributed by atoms with Crippen LogP contribution >= 0.6 is 11.6 Å². The predicted molar refractivity (Wildman–Crippen MR) is 102 cm³/mol. The molecular formula is C19H21ClN2O4S. The first-order valence-electron chi connectivity index (χ1n) is 8.74. The molecule has 0 aliphatic carbocycles. The number of pyridine rings is 1. The van der Waals surface area contributed by atoms with Crippen molar-refractivity contribution < 1.29 is 17.9 Å². The van der Waals surface area contributed by atoms with E-state index in [1.54, 1.807) is 24.4 Å². The summed E-state index contributed by atoms with van der Waals surface area (Å²) in [4.78, 5) is 16.4. The first kappa shape index (κ1) is 19.8. The molecule has 0 radical (unpaired) electrons. The zero-order chi connectivity index (χ0) is 19.4. The second-order valence-electron chi connectivity index (χ2n) is 6.65. The zero-order valence-corrected chi connectivity index (χ0v) is 16.5. The van der Waals surface area contributed by atoms with Crippen LogP contribution in [0.4, 0.5) is 0 Å². The molecule has 0 spiro atoms. The van der Waals surface area contributed by atoms with E-state index in [0.29, 0.717) is 24.7 Å². The fourth-order valence-electron chi connectivity index (χ4n) is 3.04. The molecule has 1 atom stereocenters. The molecule has 27 heavy (non-hydrogen) atoms. The lowest BCUT2D eigenvalue weighted by molar-refractivity contribution is 0.0467. The smallest absolute Gasteiger partial charge is 0.338 e. The lowest BCUT2D eigenvalue weighted by Crippen LogP contribution is -2.39. The van der Waals surface area contributed by atoms with Crippen LogP contribution in [0.3, 0.4) is 0 Å². The normalized spacial score (nSPS) is 18.2. The minimum Gasteiger partial charge on any atom is -0.456 e. The Morgan fingerprint density at radius 1 is 1.33 bits per heavy atom. The summed E-state index contributed by atoms with van der Waals surface area (Å²) in [7, 11) is -3.77. The van der Waals surface area contributed by atoms with Gasteiger partial charge >= 0.3 is 5.97 Å². The average molecular weight is 409 g/mol. The molecule has 0 saturated carbocycles. The highest BCUT2D eigenvalue weighted by Gasteiger charge is 2.31. The number of piperidine rings is 1. The van der Waals surface area contributed by atoms with Gasteiger partial charge in [0.25, 0.3) is 0 Å². The number of sulfonamides is 1. The molecule has 1 aromatic heterocycles. The molecule has 1 saturated heterocycles. The van der Waals surface area contributed by atoms with Crippen LogP contribution in [-0.4, -0.2) is 36.8 Å². The summed E-state index contributed by atoms with van der Waals surface area (Å²) in [5, 5.41) is 0.0921. The van der Waals surface area contributed by atoms with E-state index in [1.807, 2.05) is 6.92 Å². The van der Waals surface area contributed by atoms with Gasteiger partial charge in [-0.15, -0.1) is 0 Å².